The molecule has 2 N–H and O–H groups in total. The van der Waals surface area contributed by atoms with Gasteiger partial charge < -0.3 is 10.6 Å². The van der Waals surface area contributed by atoms with Crippen LogP contribution in [-0.4, -0.2) is 9.97 Å². The molecule has 0 aliphatic carbocycles. The van der Waals surface area contributed by atoms with E-state index >= 15 is 0 Å². The highest BCUT2D eigenvalue weighted by Gasteiger charge is 2.16. The molecule has 4 rings (SSSR count). The third-order valence-electron chi connectivity index (χ3n) is 4.06. The molecule has 1 heterocycles. The number of benzene rings is 3. The summed E-state index contributed by atoms with van der Waals surface area (Å²) in [4.78, 5) is 8.55. The van der Waals surface area contributed by atoms with Crippen LogP contribution in [0.5, 0.6) is 0 Å². The predicted octanol–water partition coefficient (Wildman–Crippen LogP) is 5.95. The molecule has 10 heteroatoms. The van der Waals surface area contributed by atoms with Gasteiger partial charge in [-0.15, -0.1) is 0 Å². The molecule has 30 heavy (non-hydrogen) atoms. The van der Waals surface area contributed by atoms with Crippen molar-refractivity contribution in [2.24, 2.45) is 0 Å². The van der Waals surface area contributed by atoms with Gasteiger partial charge in [0.1, 0.15) is 0 Å². The van der Waals surface area contributed by atoms with E-state index in [4.69, 9.17) is 0 Å². The number of halogens is 6. The van der Waals surface area contributed by atoms with Gasteiger partial charge in [-0.25, -0.2) is 36.3 Å². The maximum absolute atomic E-state index is 13.5. The van der Waals surface area contributed by atoms with Crippen LogP contribution in [0, 0.1) is 34.9 Å². The number of hydrogen-bond acceptors (Lipinski definition) is 4. The van der Waals surface area contributed by atoms with Gasteiger partial charge >= 0.3 is 0 Å². The first kappa shape index (κ1) is 19.5. The summed E-state index contributed by atoms with van der Waals surface area (Å²) in [5.41, 5.74) is 0.418. The number of rotatable bonds is 4. The van der Waals surface area contributed by atoms with Gasteiger partial charge in [0.05, 0.1) is 11.0 Å². The summed E-state index contributed by atoms with van der Waals surface area (Å²) in [6, 6.07) is 9.39. The Bertz CT molecular complexity index is 1130. The molecule has 3 aromatic carbocycles. The number of para-hydroxylation sites is 2. The van der Waals surface area contributed by atoms with Crippen LogP contribution in [0.2, 0.25) is 0 Å². The topological polar surface area (TPSA) is 49.8 Å². The van der Waals surface area contributed by atoms with E-state index in [2.05, 4.69) is 20.6 Å². The van der Waals surface area contributed by atoms with Crippen molar-refractivity contribution in [3.63, 3.8) is 0 Å². The van der Waals surface area contributed by atoms with Crippen molar-refractivity contribution in [1.29, 1.82) is 0 Å². The van der Waals surface area contributed by atoms with Crippen molar-refractivity contribution in [3.05, 3.63) is 83.4 Å². The number of anilines is 4. The highest BCUT2D eigenvalue weighted by atomic mass is 19.2. The van der Waals surface area contributed by atoms with Crippen molar-refractivity contribution in [3.8, 4) is 0 Å². The first-order valence-electron chi connectivity index (χ1n) is 8.42. The second-order valence-corrected chi connectivity index (χ2v) is 6.17. The average Bonchev–Trinajstić information content (AvgIpc) is 2.70. The number of hydrogen-bond donors (Lipinski definition) is 2. The zero-order valence-corrected chi connectivity index (χ0v) is 14.8. The van der Waals surface area contributed by atoms with E-state index in [0.717, 1.165) is 0 Å². The van der Waals surface area contributed by atoms with E-state index < -0.39 is 34.9 Å². The minimum atomic E-state index is -1.64. The molecule has 0 spiro atoms. The van der Waals surface area contributed by atoms with Gasteiger partial charge in [0.15, 0.2) is 46.5 Å². The Hall–Kier alpha value is -3.82. The van der Waals surface area contributed by atoms with Crippen LogP contribution in [0.25, 0.3) is 11.0 Å². The average molecular weight is 420 g/mol. The molecule has 4 aromatic rings. The molecule has 0 unspecified atom stereocenters. The Morgan fingerprint density at radius 1 is 0.533 bits per heavy atom. The summed E-state index contributed by atoms with van der Waals surface area (Å²) in [5.74, 6) is -9.14. The molecule has 0 amide bonds. The van der Waals surface area contributed by atoms with Crippen LogP contribution in [0.1, 0.15) is 0 Å². The number of aromatic nitrogens is 2. The number of fused-ring (bicyclic) bond motifs is 1. The van der Waals surface area contributed by atoms with Crippen LogP contribution in [0.4, 0.5) is 49.4 Å². The van der Waals surface area contributed by atoms with Gasteiger partial charge in [0, 0.05) is 35.6 Å². The summed E-state index contributed by atoms with van der Waals surface area (Å²) in [7, 11) is 0. The summed E-state index contributed by atoms with van der Waals surface area (Å²) in [6.45, 7) is 0. The van der Waals surface area contributed by atoms with E-state index in [1.54, 1.807) is 24.3 Å². The molecule has 4 nitrogen and oxygen atoms in total. The summed E-state index contributed by atoms with van der Waals surface area (Å²) >= 11 is 0. The zero-order valence-electron chi connectivity index (χ0n) is 14.8. The molecular weight excluding hydrogens is 410 g/mol. The standard InChI is InChI=1S/C20H10F6N4/c21-11-5-9(6-12(22)17(11)25)27-19-20(30-16-4-2-1-3-15(16)29-19)28-10-7-13(23)18(26)14(24)8-10/h1-8H,(H,27,29)(H,28,30). The monoisotopic (exact) mass is 420 g/mol. The Morgan fingerprint density at radius 2 is 0.867 bits per heavy atom. The lowest BCUT2D eigenvalue weighted by Gasteiger charge is -2.14. The van der Waals surface area contributed by atoms with Crippen molar-refractivity contribution in [2.45, 2.75) is 0 Å². The predicted molar refractivity (Wildman–Crippen MR) is 98.7 cm³/mol. The third-order valence-corrected chi connectivity index (χ3v) is 4.06. The Balaban J connectivity index is 1.80. The van der Waals surface area contributed by atoms with Gasteiger partial charge in [-0.1, -0.05) is 12.1 Å². The van der Waals surface area contributed by atoms with Crippen LogP contribution >= 0.6 is 0 Å². The van der Waals surface area contributed by atoms with Gasteiger partial charge in [0.2, 0.25) is 0 Å². The molecule has 0 radical (unpaired) electrons. The molecule has 1 aromatic heterocycles. The largest absolute Gasteiger partial charge is 0.337 e. The normalized spacial score (nSPS) is 11.0. The molecule has 0 aliphatic heterocycles. The molecule has 0 atom stereocenters. The van der Waals surface area contributed by atoms with Gasteiger partial charge in [0.25, 0.3) is 0 Å². The van der Waals surface area contributed by atoms with Crippen LogP contribution in [0.3, 0.4) is 0 Å². The maximum Gasteiger partial charge on any atom is 0.194 e. The first-order valence-corrected chi connectivity index (χ1v) is 8.42. The summed E-state index contributed by atoms with van der Waals surface area (Å²) in [6.07, 6.45) is 0. The molecule has 152 valence electrons. The second kappa shape index (κ2) is 7.54. The summed E-state index contributed by atoms with van der Waals surface area (Å²) < 4.78 is 80.6. The smallest absolute Gasteiger partial charge is 0.194 e. The van der Waals surface area contributed by atoms with Crippen molar-refractivity contribution in [1.82, 2.24) is 9.97 Å². The van der Waals surface area contributed by atoms with E-state index in [9.17, 15) is 26.3 Å². The van der Waals surface area contributed by atoms with E-state index in [1.807, 2.05) is 0 Å². The fraction of sp³-hybridized carbons (Fsp3) is 0. The van der Waals surface area contributed by atoms with Gasteiger partial charge in [-0.2, -0.15) is 0 Å². The van der Waals surface area contributed by atoms with E-state index in [-0.39, 0.29) is 23.0 Å². The van der Waals surface area contributed by atoms with Crippen molar-refractivity contribution >= 4 is 34.0 Å². The van der Waals surface area contributed by atoms with Crippen LogP contribution in [-0.2, 0) is 0 Å². The van der Waals surface area contributed by atoms with Crippen molar-refractivity contribution < 1.29 is 26.3 Å². The van der Waals surface area contributed by atoms with E-state index in [1.165, 1.54) is 0 Å². The van der Waals surface area contributed by atoms with Gasteiger partial charge in [-0.05, 0) is 12.1 Å². The Labute approximate surface area is 165 Å². The SMILES string of the molecule is Fc1cc(Nc2nc3ccccc3nc2Nc2cc(F)c(F)c(F)c2)cc(F)c1F. The molecule has 0 saturated carbocycles. The zero-order chi connectivity index (χ0) is 21.4. The second-order valence-electron chi connectivity index (χ2n) is 6.17. The van der Waals surface area contributed by atoms with Crippen LogP contribution in [0.15, 0.2) is 48.5 Å². The third kappa shape index (κ3) is 3.71. The lowest BCUT2D eigenvalue weighted by molar-refractivity contribution is 0.448. The Morgan fingerprint density at radius 3 is 1.20 bits per heavy atom. The quantitative estimate of drug-likeness (QED) is 0.316. The maximum atomic E-state index is 13.5. The Kier molecular flexibility index (Phi) is 4.90. The fourth-order valence-corrected chi connectivity index (χ4v) is 2.70. The number of nitrogens with zero attached hydrogens (tertiary/aromatic N) is 2. The number of nitrogens with one attached hydrogen (secondary N) is 2. The lowest BCUT2D eigenvalue weighted by atomic mass is 10.2. The van der Waals surface area contributed by atoms with Crippen molar-refractivity contribution in [2.75, 3.05) is 10.6 Å². The molecular formula is C20H10F6N4. The fourth-order valence-electron chi connectivity index (χ4n) is 2.70. The minimum absolute atomic E-state index is 0.0794. The minimum Gasteiger partial charge on any atom is -0.337 e. The highest BCUT2D eigenvalue weighted by molar-refractivity contribution is 5.83. The van der Waals surface area contributed by atoms with E-state index in [0.29, 0.717) is 35.3 Å². The summed E-state index contributed by atoms with van der Waals surface area (Å²) in [5, 5.41) is 5.18. The lowest BCUT2D eigenvalue weighted by Crippen LogP contribution is -2.05. The first-order chi connectivity index (χ1) is 14.3. The van der Waals surface area contributed by atoms with Crippen LogP contribution < -0.4 is 10.6 Å². The highest BCUT2D eigenvalue weighted by Crippen LogP contribution is 2.29. The molecule has 0 bridgehead atoms. The molecule has 0 aliphatic rings. The van der Waals surface area contributed by atoms with Gasteiger partial charge in [-0.3, -0.25) is 0 Å². The molecule has 0 fully saturated rings. The molecule has 0 saturated heterocycles.